The smallest absolute Gasteiger partial charge is 0.322 e. The lowest BCUT2D eigenvalue weighted by Crippen LogP contribution is -2.43. The van der Waals surface area contributed by atoms with E-state index in [4.69, 9.17) is 9.47 Å². The molecule has 0 bridgehead atoms. The number of hydrogen-bond donors (Lipinski definition) is 1. The summed E-state index contributed by atoms with van der Waals surface area (Å²) < 4.78 is 24.1. The highest BCUT2D eigenvalue weighted by molar-refractivity contribution is 5.75. The standard InChI is InChI=1S/C20H22FNO3/c1-24-20(23)19-8-4-7-18(22-19)14-9-11-16(12-10-14)25-13-15-5-2-3-6-17(15)21/h2-3,5-6,9-12,18-19,22H,4,7-8,13H2,1H3/t18-,19+/m0/s1. The zero-order valence-corrected chi connectivity index (χ0v) is 14.2. The quantitative estimate of drug-likeness (QED) is 0.840. The van der Waals surface area contributed by atoms with Gasteiger partial charge < -0.3 is 9.47 Å². The van der Waals surface area contributed by atoms with E-state index in [1.807, 2.05) is 24.3 Å². The zero-order valence-electron chi connectivity index (χ0n) is 14.2. The molecule has 5 heteroatoms. The van der Waals surface area contributed by atoms with E-state index in [1.54, 1.807) is 18.2 Å². The average Bonchev–Trinajstić information content (AvgIpc) is 2.67. The fourth-order valence-electron chi connectivity index (χ4n) is 3.10. The number of nitrogens with one attached hydrogen (secondary N) is 1. The van der Waals surface area contributed by atoms with Crippen molar-refractivity contribution in [3.05, 3.63) is 65.5 Å². The largest absolute Gasteiger partial charge is 0.489 e. The van der Waals surface area contributed by atoms with E-state index >= 15 is 0 Å². The van der Waals surface area contributed by atoms with Gasteiger partial charge in [0, 0.05) is 11.6 Å². The maximum atomic E-state index is 13.6. The van der Waals surface area contributed by atoms with Crippen molar-refractivity contribution >= 4 is 5.97 Å². The minimum absolute atomic E-state index is 0.124. The fraction of sp³-hybridized carbons (Fsp3) is 0.350. The van der Waals surface area contributed by atoms with Crippen LogP contribution in [-0.4, -0.2) is 19.1 Å². The van der Waals surface area contributed by atoms with Crippen LogP contribution in [0.1, 0.15) is 36.4 Å². The van der Waals surface area contributed by atoms with Crippen molar-refractivity contribution in [3.63, 3.8) is 0 Å². The Hall–Kier alpha value is -2.40. The number of esters is 1. The summed E-state index contributed by atoms with van der Waals surface area (Å²) in [7, 11) is 1.41. The lowest BCUT2D eigenvalue weighted by molar-refractivity contribution is -0.144. The van der Waals surface area contributed by atoms with Gasteiger partial charge in [0.15, 0.2) is 0 Å². The number of carbonyl (C=O) groups is 1. The van der Waals surface area contributed by atoms with Crippen molar-refractivity contribution in [2.24, 2.45) is 0 Å². The van der Waals surface area contributed by atoms with Gasteiger partial charge >= 0.3 is 5.97 Å². The van der Waals surface area contributed by atoms with Gasteiger partial charge in [-0.1, -0.05) is 30.3 Å². The first-order valence-electron chi connectivity index (χ1n) is 8.47. The van der Waals surface area contributed by atoms with Crippen molar-refractivity contribution in [1.29, 1.82) is 0 Å². The molecule has 2 atom stereocenters. The second-order valence-corrected chi connectivity index (χ2v) is 6.18. The SMILES string of the molecule is COC(=O)[C@H]1CCC[C@@H](c2ccc(OCc3ccccc3F)cc2)N1. The van der Waals surface area contributed by atoms with E-state index in [2.05, 4.69) is 5.32 Å². The number of hydrogen-bond acceptors (Lipinski definition) is 4. The van der Waals surface area contributed by atoms with Crippen LogP contribution in [0.25, 0.3) is 0 Å². The lowest BCUT2D eigenvalue weighted by atomic mass is 9.93. The molecular weight excluding hydrogens is 321 g/mol. The molecule has 2 aromatic rings. The van der Waals surface area contributed by atoms with E-state index in [-0.39, 0.29) is 30.5 Å². The van der Waals surface area contributed by atoms with Gasteiger partial charge in [-0.2, -0.15) is 0 Å². The molecular formula is C20H22FNO3. The van der Waals surface area contributed by atoms with E-state index in [0.717, 1.165) is 24.8 Å². The molecule has 0 amide bonds. The molecule has 1 heterocycles. The van der Waals surface area contributed by atoms with Gasteiger partial charge in [0.1, 0.15) is 24.2 Å². The number of piperidine rings is 1. The van der Waals surface area contributed by atoms with Gasteiger partial charge in [-0.3, -0.25) is 10.1 Å². The van der Waals surface area contributed by atoms with Crippen molar-refractivity contribution in [1.82, 2.24) is 5.32 Å². The second kappa shape index (κ2) is 8.12. The monoisotopic (exact) mass is 343 g/mol. The van der Waals surface area contributed by atoms with Crippen LogP contribution in [0.4, 0.5) is 4.39 Å². The molecule has 4 nitrogen and oxygen atoms in total. The maximum Gasteiger partial charge on any atom is 0.322 e. The Morgan fingerprint density at radius 2 is 1.92 bits per heavy atom. The predicted molar refractivity (Wildman–Crippen MR) is 92.7 cm³/mol. The molecule has 1 saturated heterocycles. The average molecular weight is 343 g/mol. The molecule has 25 heavy (non-hydrogen) atoms. The van der Waals surface area contributed by atoms with Crippen LogP contribution in [0, 0.1) is 5.82 Å². The van der Waals surface area contributed by atoms with Crippen LogP contribution in [0.5, 0.6) is 5.75 Å². The maximum absolute atomic E-state index is 13.6. The summed E-state index contributed by atoms with van der Waals surface area (Å²) in [4.78, 5) is 11.7. The van der Waals surface area contributed by atoms with Crippen LogP contribution in [0.15, 0.2) is 48.5 Å². The van der Waals surface area contributed by atoms with Crippen molar-refractivity contribution in [2.75, 3.05) is 7.11 Å². The van der Waals surface area contributed by atoms with Crippen LogP contribution >= 0.6 is 0 Å². The molecule has 132 valence electrons. The highest BCUT2D eigenvalue weighted by atomic mass is 19.1. The van der Waals surface area contributed by atoms with Crippen LogP contribution in [0.2, 0.25) is 0 Å². The third kappa shape index (κ3) is 4.37. The molecule has 0 saturated carbocycles. The lowest BCUT2D eigenvalue weighted by Gasteiger charge is -2.29. The third-order valence-electron chi connectivity index (χ3n) is 4.51. The Morgan fingerprint density at radius 3 is 2.64 bits per heavy atom. The highest BCUT2D eigenvalue weighted by Crippen LogP contribution is 2.27. The number of rotatable bonds is 5. The van der Waals surface area contributed by atoms with Gasteiger partial charge in [0.25, 0.3) is 0 Å². The van der Waals surface area contributed by atoms with Crippen molar-refractivity contribution in [2.45, 2.75) is 38.0 Å². The van der Waals surface area contributed by atoms with E-state index in [0.29, 0.717) is 11.3 Å². The van der Waals surface area contributed by atoms with E-state index in [9.17, 15) is 9.18 Å². The van der Waals surface area contributed by atoms with E-state index < -0.39 is 0 Å². The Kier molecular flexibility index (Phi) is 5.66. The molecule has 1 aliphatic heterocycles. The Morgan fingerprint density at radius 1 is 1.16 bits per heavy atom. The predicted octanol–water partition coefficient (Wildman–Crippen LogP) is 3.76. The van der Waals surface area contributed by atoms with Crippen LogP contribution in [-0.2, 0) is 16.1 Å². The summed E-state index contributed by atoms with van der Waals surface area (Å²) in [5.41, 5.74) is 1.63. The third-order valence-corrected chi connectivity index (χ3v) is 4.51. The molecule has 1 fully saturated rings. The summed E-state index contributed by atoms with van der Waals surface area (Å²) in [6, 6.07) is 14.2. The van der Waals surface area contributed by atoms with Crippen LogP contribution < -0.4 is 10.1 Å². The Balaban J connectivity index is 1.60. The summed E-state index contributed by atoms with van der Waals surface area (Å²) in [6.07, 6.45) is 2.75. The molecule has 3 rings (SSSR count). The number of methoxy groups -OCH3 is 1. The molecule has 1 aliphatic rings. The first-order valence-corrected chi connectivity index (χ1v) is 8.47. The molecule has 2 aromatic carbocycles. The van der Waals surface area contributed by atoms with Crippen LogP contribution in [0.3, 0.4) is 0 Å². The topological polar surface area (TPSA) is 47.6 Å². The Bertz CT molecular complexity index is 717. The molecule has 0 radical (unpaired) electrons. The number of ether oxygens (including phenoxy) is 2. The zero-order chi connectivity index (χ0) is 17.6. The molecule has 0 aliphatic carbocycles. The van der Waals surface area contributed by atoms with Gasteiger partial charge in [-0.15, -0.1) is 0 Å². The van der Waals surface area contributed by atoms with Crippen molar-refractivity contribution < 1.29 is 18.7 Å². The molecule has 1 N–H and O–H groups in total. The summed E-state index contributed by atoms with van der Waals surface area (Å²) in [6.45, 7) is 0.193. The summed E-state index contributed by atoms with van der Waals surface area (Å²) in [5, 5.41) is 3.34. The number of benzene rings is 2. The molecule has 0 spiro atoms. The minimum Gasteiger partial charge on any atom is -0.489 e. The normalized spacial score (nSPS) is 20.1. The number of halogens is 1. The van der Waals surface area contributed by atoms with Gasteiger partial charge in [0.05, 0.1) is 7.11 Å². The second-order valence-electron chi connectivity index (χ2n) is 6.18. The van der Waals surface area contributed by atoms with Crippen molar-refractivity contribution in [3.8, 4) is 5.75 Å². The summed E-state index contributed by atoms with van der Waals surface area (Å²) in [5.74, 6) is 0.209. The van der Waals surface area contributed by atoms with Gasteiger partial charge in [0.2, 0.25) is 0 Å². The Labute approximate surface area is 147 Å². The number of carbonyl (C=O) groups excluding carboxylic acids is 1. The molecule has 0 unspecified atom stereocenters. The summed E-state index contributed by atoms with van der Waals surface area (Å²) >= 11 is 0. The minimum atomic E-state index is -0.264. The highest BCUT2D eigenvalue weighted by Gasteiger charge is 2.27. The molecule has 0 aromatic heterocycles. The first-order chi connectivity index (χ1) is 12.2. The van der Waals surface area contributed by atoms with Gasteiger partial charge in [-0.05, 0) is 43.0 Å². The van der Waals surface area contributed by atoms with E-state index in [1.165, 1.54) is 13.2 Å². The first kappa shape index (κ1) is 17.4. The fourth-order valence-corrected chi connectivity index (χ4v) is 3.10. The van der Waals surface area contributed by atoms with Gasteiger partial charge in [-0.25, -0.2) is 4.39 Å².